The Morgan fingerprint density at radius 1 is 1.67 bits per heavy atom. The number of hydrogen-bond donors (Lipinski definition) is 1. The van der Waals surface area contributed by atoms with E-state index < -0.39 is 0 Å². The number of fused-ring (bicyclic) bond motifs is 2. The van der Waals surface area contributed by atoms with Gasteiger partial charge in [-0.1, -0.05) is 13.8 Å². The largest absolute Gasteiger partial charge is 0.458 e. The second kappa shape index (κ2) is 3.41. The van der Waals surface area contributed by atoms with Crippen LogP contribution < -0.4 is 0 Å². The Hall–Kier alpha value is -0.180. The quantitative estimate of drug-likeness (QED) is 0.581. The third kappa shape index (κ3) is 1.35. The first-order valence-corrected chi connectivity index (χ1v) is 6.38. The first kappa shape index (κ1) is 11.3. The lowest BCUT2D eigenvalue weighted by atomic mass is 9.59. The van der Waals surface area contributed by atoms with Crippen molar-refractivity contribution in [2.75, 3.05) is 0 Å². The van der Waals surface area contributed by atoms with Crippen LogP contribution in [0.3, 0.4) is 0 Å². The van der Waals surface area contributed by atoms with Gasteiger partial charge in [0.05, 0.1) is 5.92 Å². The molecule has 0 radical (unpaired) electrons. The summed E-state index contributed by atoms with van der Waals surface area (Å²) in [5.74, 6) is 0.170. The molecule has 2 rings (SSSR count). The number of carbonyl (C=O) groups excluding carboxylic acids is 1. The number of ether oxygens (including phenoxy) is 1. The maximum absolute atomic E-state index is 11.6. The van der Waals surface area contributed by atoms with Crippen molar-refractivity contribution in [2.45, 2.75) is 57.3 Å². The van der Waals surface area contributed by atoms with E-state index >= 15 is 0 Å². The smallest absolute Gasteiger partial charge is 0.309 e. The maximum atomic E-state index is 11.6. The summed E-state index contributed by atoms with van der Waals surface area (Å²) in [7, 11) is 0. The van der Waals surface area contributed by atoms with Crippen molar-refractivity contribution in [3.63, 3.8) is 0 Å². The molecule has 1 aliphatic carbocycles. The Morgan fingerprint density at radius 2 is 2.33 bits per heavy atom. The maximum Gasteiger partial charge on any atom is 0.309 e. The van der Waals surface area contributed by atoms with Crippen LogP contribution in [0.25, 0.3) is 0 Å². The molecule has 3 heteroatoms. The van der Waals surface area contributed by atoms with Gasteiger partial charge in [0.1, 0.15) is 5.60 Å². The summed E-state index contributed by atoms with van der Waals surface area (Å²) in [4.78, 5) is 11.6. The summed E-state index contributed by atoms with van der Waals surface area (Å²) in [5, 5.41) is 0.277. The Morgan fingerprint density at radius 3 is 2.87 bits per heavy atom. The first-order chi connectivity index (χ1) is 6.95. The van der Waals surface area contributed by atoms with E-state index in [1.54, 1.807) is 0 Å². The van der Waals surface area contributed by atoms with E-state index in [1.165, 1.54) is 0 Å². The number of rotatable bonds is 2. The molecule has 2 bridgehead atoms. The van der Waals surface area contributed by atoms with Gasteiger partial charge in [-0.05, 0) is 26.2 Å². The fraction of sp³-hybridized carbons (Fsp3) is 0.917. The van der Waals surface area contributed by atoms with Gasteiger partial charge in [0.25, 0.3) is 0 Å². The number of esters is 1. The molecule has 2 aliphatic rings. The minimum atomic E-state index is -0.275. The molecule has 0 aromatic heterocycles. The van der Waals surface area contributed by atoms with Crippen LogP contribution in [0.2, 0.25) is 0 Å². The third-order valence-electron chi connectivity index (χ3n) is 4.72. The molecule has 0 spiro atoms. The van der Waals surface area contributed by atoms with Gasteiger partial charge in [-0.3, -0.25) is 4.79 Å². The van der Waals surface area contributed by atoms with Crippen LogP contribution in [-0.4, -0.2) is 16.8 Å². The standard InChI is InChI=1S/C12H20O2S/c1-4-12(8(2)15)6-5-9-7-11(12,3)14-10(9)13/h8-9,15H,4-7H2,1-3H3. The zero-order valence-corrected chi connectivity index (χ0v) is 10.6. The summed E-state index contributed by atoms with van der Waals surface area (Å²) < 4.78 is 5.65. The summed E-state index contributed by atoms with van der Waals surface area (Å²) in [5.41, 5.74) is -0.207. The lowest BCUT2D eigenvalue weighted by molar-refractivity contribution is -0.158. The van der Waals surface area contributed by atoms with Crippen LogP contribution in [0.5, 0.6) is 0 Å². The highest BCUT2D eigenvalue weighted by Gasteiger charge is 2.60. The minimum absolute atomic E-state index is 0.0156. The number of thiol groups is 1. The van der Waals surface area contributed by atoms with Crippen LogP contribution in [0.15, 0.2) is 0 Å². The lowest BCUT2D eigenvalue weighted by Crippen LogP contribution is -2.52. The topological polar surface area (TPSA) is 26.3 Å². The van der Waals surface area contributed by atoms with Crippen molar-refractivity contribution < 1.29 is 9.53 Å². The fourth-order valence-electron chi connectivity index (χ4n) is 3.62. The van der Waals surface area contributed by atoms with Gasteiger partial charge in [0.2, 0.25) is 0 Å². The van der Waals surface area contributed by atoms with Crippen molar-refractivity contribution in [2.24, 2.45) is 11.3 Å². The Kier molecular flexibility index (Phi) is 2.57. The average Bonchev–Trinajstić information content (AvgIpc) is 2.39. The van der Waals surface area contributed by atoms with E-state index in [0.29, 0.717) is 0 Å². The van der Waals surface area contributed by atoms with Crippen LogP contribution in [0.4, 0.5) is 0 Å². The summed E-state index contributed by atoms with van der Waals surface area (Å²) >= 11 is 4.63. The third-order valence-corrected chi connectivity index (χ3v) is 5.21. The molecule has 15 heavy (non-hydrogen) atoms. The molecule has 0 aromatic carbocycles. The van der Waals surface area contributed by atoms with E-state index in [9.17, 15) is 4.79 Å². The van der Waals surface area contributed by atoms with E-state index in [2.05, 4.69) is 33.4 Å². The van der Waals surface area contributed by atoms with E-state index in [1.807, 2.05) is 0 Å². The number of hydrogen-bond acceptors (Lipinski definition) is 3. The van der Waals surface area contributed by atoms with Gasteiger partial charge in [-0.2, -0.15) is 12.6 Å². The molecule has 1 saturated heterocycles. The second-order valence-corrected chi connectivity index (χ2v) is 6.05. The van der Waals surface area contributed by atoms with Gasteiger partial charge < -0.3 is 4.74 Å². The van der Waals surface area contributed by atoms with Crippen molar-refractivity contribution >= 4 is 18.6 Å². The fourth-order valence-corrected chi connectivity index (χ4v) is 4.20. The number of carbonyl (C=O) groups is 1. The molecular formula is C12H20O2S. The molecule has 1 saturated carbocycles. The van der Waals surface area contributed by atoms with E-state index in [4.69, 9.17) is 4.74 Å². The van der Waals surface area contributed by atoms with Gasteiger partial charge in [-0.15, -0.1) is 0 Å². The van der Waals surface area contributed by atoms with Gasteiger partial charge in [0, 0.05) is 17.1 Å². The predicted molar refractivity (Wildman–Crippen MR) is 63.0 cm³/mol. The summed E-state index contributed by atoms with van der Waals surface area (Å²) in [6.45, 7) is 6.41. The first-order valence-electron chi connectivity index (χ1n) is 5.86. The SMILES string of the molecule is CCC1(C(C)S)CCC2CC1(C)OC2=O. The normalized spacial score (nSPS) is 46.4. The van der Waals surface area contributed by atoms with Crippen LogP contribution in [0.1, 0.15) is 46.5 Å². The molecular weight excluding hydrogens is 208 g/mol. The lowest BCUT2D eigenvalue weighted by Gasteiger charge is -2.49. The average molecular weight is 228 g/mol. The zero-order chi connectivity index (χ0) is 11.3. The predicted octanol–water partition coefficient (Wildman–Crippen LogP) is 2.82. The molecule has 0 amide bonds. The Balaban J connectivity index is 2.38. The van der Waals surface area contributed by atoms with Gasteiger partial charge in [-0.25, -0.2) is 0 Å². The summed E-state index contributed by atoms with van der Waals surface area (Å²) in [6, 6.07) is 0. The van der Waals surface area contributed by atoms with Crippen LogP contribution >= 0.6 is 12.6 Å². The minimum Gasteiger partial charge on any atom is -0.458 e. The highest BCUT2D eigenvalue weighted by atomic mass is 32.1. The van der Waals surface area contributed by atoms with Gasteiger partial charge in [0.15, 0.2) is 0 Å². The molecule has 2 nitrogen and oxygen atoms in total. The van der Waals surface area contributed by atoms with Crippen molar-refractivity contribution in [3.05, 3.63) is 0 Å². The van der Waals surface area contributed by atoms with Crippen molar-refractivity contribution in [1.29, 1.82) is 0 Å². The highest BCUT2D eigenvalue weighted by molar-refractivity contribution is 7.81. The molecule has 1 aliphatic heterocycles. The Labute approximate surface area is 97.2 Å². The summed E-state index contributed by atoms with van der Waals surface area (Å²) in [6.07, 6.45) is 3.98. The molecule has 4 unspecified atom stereocenters. The molecule has 4 atom stereocenters. The monoisotopic (exact) mass is 228 g/mol. The van der Waals surface area contributed by atoms with Crippen molar-refractivity contribution in [1.82, 2.24) is 0 Å². The van der Waals surface area contributed by atoms with Crippen LogP contribution in [0, 0.1) is 11.3 Å². The molecule has 2 fully saturated rings. The van der Waals surface area contributed by atoms with Gasteiger partial charge >= 0.3 is 5.97 Å². The Bertz CT molecular complexity index is 289. The molecule has 0 N–H and O–H groups in total. The molecule has 0 aromatic rings. The zero-order valence-electron chi connectivity index (χ0n) is 9.75. The van der Waals surface area contributed by atoms with E-state index in [-0.39, 0.29) is 28.2 Å². The molecule has 86 valence electrons. The second-order valence-electron chi connectivity index (χ2n) is 5.28. The highest BCUT2D eigenvalue weighted by Crippen LogP contribution is 2.57. The van der Waals surface area contributed by atoms with Crippen molar-refractivity contribution in [3.8, 4) is 0 Å². The van der Waals surface area contributed by atoms with Crippen LogP contribution in [-0.2, 0) is 9.53 Å². The van der Waals surface area contributed by atoms with E-state index in [0.717, 1.165) is 25.7 Å². The molecule has 1 heterocycles.